The van der Waals surface area contributed by atoms with Gasteiger partial charge in [-0.1, -0.05) is 54.2 Å². The Labute approximate surface area is 152 Å². The van der Waals surface area contributed by atoms with E-state index in [-0.39, 0.29) is 11.4 Å². The SMILES string of the molecule is CC1(c2cccc(NC(=O)CCc3ccccc3)c2)CCSC(N)=N1. The van der Waals surface area contributed by atoms with Crippen molar-refractivity contribution in [3.05, 3.63) is 65.7 Å². The summed E-state index contributed by atoms with van der Waals surface area (Å²) in [7, 11) is 0. The Balaban J connectivity index is 1.65. The first-order valence-electron chi connectivity index (χ1n) is 8.48. The highest BCUT2D eigenvalue weighted by Crippen LogP contribution is 2.35. The zero-order chi connectivity index (χ0) is 17.7. The second kappa shape index (κ2) is 7.74. The van der Waals surface area contributed by atoms with Gasteiger partial charge in [0.2, 0.25) is 5.91 Å². The van der Waals surface area contributed by atoms with E-state index in [1.807, 2.05) is 54.6 Å². The molecule has 0 saturated heterocycles. The molecule has 5 heteroatoms. The number of rotatable bonds is 5. The van der Waals surface area contributed by atoms with Crippen LogP contribution in [0.1, 0.15) is 30.9 Å². The summed E-state index contributed by atoms with van der Waals surface area (Å²) < 4.78 is 0. The summed E-state index contributed by atoms with van der Waals surface area (Å²) in [5.41, 5.74) is 8.64. The summed E-state index contributed by atoms with van der Waals surface area (Å²) in [6, 6.07) is 18.0. The maximum absolute atomic E-state index is 12.2. The van der Waals surface area contributed by atoms with Crippen LogP contribution in [0.5, 0.6) is 0 Å². The molecule has 0 saturated carbocycles. The number of aliphatic imine (C=N–C) groups is 1. The van der Waals surface area contributed by atoms with Gasteiger partial charge in [-0.15, -0.1) is 0 Å². The first-order chi connectivity index (χ1) is 12.0. The van der Waals surface area contributed by atoms with Gasteiger partial charge in [-0.2, -0.15) is 0 Å². The van der Waals surface area contributed by atoms with Gasteiger partial charge in [0.25, 0.3) is 0 Å². The number of hydrogen-bond acceptors (Lipinski definition) is 4. The molecule has 0 aliphatic carbocycles. The molecular formula is C20H23N3OS. The van der Waals surface area contributed by atoms with Crippen molar-refractivity contribution >= 4 is 28.5 Å². The quantitative estimate of drug-likeness (QED) is 0.856. The molecule has 3 N–H and O–H groups in total. The first kappa shape index (κ1) is 17.5. The third kappa shape index (κ3) is 4.63. The molecule has 2 aromatic rings. The fourth-order valence-electron chi connectivity index (χ4n) is 2.95. The number of carbonyl (C=O) groups excluding carboxylic acids is 1. The minimum absolute atomic E-state index is 0.0216. The van der Waals surface area contributed by atoms with Crippen molar-refractivity contribution in [2.45, 2.75) is 31.7 Å². The summed E-state index contributed by atoms with van der Waals surface area (Å²) >= 11 is 1.59. The van der Waals surface area contributed by atoms with Gasteiger partial charge in [-0.25, -0.2) is 0 Å². The number of benzene rings is 2. The highest BCUT2D eigenvalue weighted by Gasteiger charge is 2.29. The Morgan fingerprint density at radius 3 is 2.80 bits per heavy atom. The molecule has 130 valence electrons. The zero-order valence-electron chi connectivity index (χ0n) is 14.4. The lowest BCUT2D eigenvalue weighted by molar-refractivity contribution is -0.116. The fraction of sp³-hybridized carbons (Fsp3) is 0.300. The van der Waals surface area contributed by atoms with Gasteiger partial charge in [0.15, 0.2) is 5.17 Å². The summed E-state index contributed by atoms with van der Waals surface area (Å²) in [6.45, 7) is 2.09. The maximum atomic E-state index is 12.2. The van der Waals surface area contributed by atoms with E-state index in [9.17, 15) is 4.79 Å². The molecule has 3 rings (SSSR count). The van der Waals surface area contributed by atoms with Crippen molar-refractivity contribution < 1.29 is 4.79 Å². The molecule has 2 aromatic carbocycles. The highest BCUT2D eigenvalue weighted by molar-refractivity contribution is 8.13. The number of carbonyl (C=O) groups is 1. The number of amides is 1. The van der Waals surface area contributed by atoms with E-state index in [2.05, 4.69) is 17.2 Å². The number of amidine groups is 1. The Hall–Kier alpha value is -2.27. The standard InChI is InChI=1S/C20H23N3OS/c1-20(12-13-25-19(21)23-20)16-8-5-9-17(14-16)22-18(24)11-10-15-6-3-2-4-7-15/h2-9,14H,10-13H2,1H3,(H2,21,23)(H,22,24). The summed E-state index contributed by atoms with van der Waals surface area (Å²) in [5.74, 6) is 0.979. The molecule has 1 heterocycles. The molecule has 0 spiro atoms. The van der Waals surface area contributed by atoms with Crippen molar-refractivity contribution in [1.29, 1.82) is 0 Å². The molecule has 1 atom stereocenters. The molecule has 0 fully saturated rings. The van der Waals surface area contributed by atoms with Crippen molar-refractivity contribution in [2.75, 3.05) is 11.1 Å². The van der Waals surface area contributed by atoms with E-state index in [1.165, 1.54) is 5.56 Å². The van der Waals surface area contributed by atoms with Crippen LogP contribution >= 0.6 is 11.8 Å². The van der Waals surface area contributed by atoms with Crippen LogP contribution in [-0.2, 0) is 16.8 Å². The van der Waals surface area contributed by atoms with Crippen LogP contribution in [0.4, 0.5) is 5.69 Å². The van der Waals surface area contributed by atoms with Gasteiger partial charge in [-0.05, 0) is 43.0 Å². The van der Waals surface area contributed by atoms with Crippen LogP contribution in [0.2, 0.25) is 0 Å². The number of thioether (sulfide) groups is 1. The molecule has 0 bridgehead atoms. The van der Waals surface area contributed by atoms with Crippen molar-refractivity contribution in [3.8, 4) is 0 Å². The van der Waals surface area contributed by atoms with Gasteiger partial charge in [0.1, 0.15) is 0 Å². The minimum Gasteiger partial charge on any atom is -0.379 e. The lowest BCUT2D eigenvalue weighted by Crippen LogP contribution is -2.28. The summed E-state index contributed by atoms with van der Waals surface area (Å²) in [4.78, 5) is 16.9. The van der Waals surface area contributed by atoms with Gasteiger partial charge >= 0.3 is 0 Å². The molecule has 1 aliphatic rings. The van der Waals surface area contributed by atoms with Gasteiger partial charge in [0.05, 0.1) is 5.54 Å². The van der Waals surface area contributed by atoms with Crippen LogP contribution < -0.4 is 11.1 Å². The molecular weight excluding hydrogens is 330 g/mol. The van der Waals surface area contributed by atoms with E-state index < -0.39 is 0 Å². The van der Waals surface area contributed by atoms with Crippen molar-refractivity contribution in [2.24, 2.45) is 10.7 Å². The average Bonchev–Trinajstić information content (AvgIpc) is 2.61. The van der Waals surface area contributed by atoms with Crippen LogP contribution in [-0.4, -0.2) is 16.8 Å². The molecule has 1 unspecified atom stereocenters. The smallest absolute Gasteiger partial charge is 0.224 e. The van der Waals surface area contributed by atoms with Gasteiger partial charge in [0, 0.05) is 17.9 Å². The number of hydrogen-bond donors (Lipinski definition) is 2. The number of nitrogens with two attached hydrogens (primary N) is 1. The van der Waals surface area contributed by atoms with E-state index >= 15 is 0 Å². The highest BCUT2D eigenvalue weighted by atomic mass is 32.2. The molecule has 25 heavy (non-hydrogen) atoms. The number of nitrogens with zero attached hydrogens (tertiary/aromatic N) is 1. The van der Waals surface area contributed by atoms with Crippen LogP contribution in [0.3, 0.4) is 0 Å². The van der Waals surface area contributed by atoms with Crippen molar-refractivity contribution in [1.82, 2.24) is 0 Å². The molecule has 4 nitrogen and oxygen atoms in total. The van der Waals surface area contributed by atoms with E-state index in [1.54, 1.807) is 11.8 Å². The first-order valence-corrected chi connectivity index (χ1v) is 9.46. The molecule has 0 aromatic heterocycles. The second-order valence-corrected chi connectivity index (χ2v) is 7.55. The topological polar surface area (TPSA) is 67.5 Å². The van der Waals surface area contributed by atoms with Crippen molar-refractivity contribution in [3.63, 3.8) is 0 Å². The summed E-state index contributed by atoms with van der Waals surface area (Å²) in [5, 5.41) is 3.63. The predicted octanol–water partition coefficient (Wildman–Crippen LogP) is 3.92. The van der Waals surface area contributed by atoms with E-state index in [0.717, 1.165) is 29.8 Å². The monoisotopic (exact) mass is 353 g/mol. The van der Waals surface area contributed by atoms with Crippen LogP contribution in [0.15, 0.2) is 59.6 Å². The lowest BCUT2D eigenvalue weighted by Gasteiger charge is -2.30. The van der Waals surface area contributed by atoms with Crippen LogP contribution in [0.25, 0.3) is 0 Å². The predicted molar refractivity (Wildman–Crippen MR) is 106 cm³/mol. The van der Waals surface area contributed by atoms with E-state index in [0.29, 0.717) is 11.6 Å². The molecule has 1 aliphatic heterocycles. The van der Waals surface area contributed by atoms with Gasteiger partial charge < -0.3 is 11.1 Å². The number of aryl methyl sites for hydroxylation is 1. The van der Waals surface area contributed by atoms with Crippen LogP contribution in [0, 0.1) is 0 Å². The minimum atomic E-state index is -0.319. The Bertz CT molecular complexity index is 776. The largest absolute Gasteiger partial charge is 0.379 e. The van der Waals surface area contributed by atoms with E-state index in [4.69, 9.17) is 5.73 Å². The normalized spacial score (nSPS) is 20.0. The lowest BCUT2D eigenvalue weighted by atomic mass is 9.89. The Kier molecular flexibility index (Phi) is 5.43. The zero-order valence-corrected chi connectivity index (χ0v) is 15.2. The fourth-order valence-corrected chi connectivity index (χ4v) is 3.93. The molecule has 1 amide bonds. The third-order valence-electron chi connectivity index (χ3n) is 4.45. The number of anilines is 1. The molecule has 0 radical (unpaired) electrons. The second-order valence-electron chi connectivity index (χ2n) is 6.44. The maximum Gasteiger partial charge on any atom is 0.224 e. The average molecular weight is 353 g/mol. The Morgan fingerprint density at radius 1 is 1.24 bits per heavy atom. The number of nitrogens with one attached hydrogen (secondary N) is 1. The summed E-state index contributed by atoms with van der Waals surface area (Å²) in [6.07, 6.45) is 2.14. The van der Waals surface area contributed by atoms with Gasteiger partial charge in [-0.3, -0.25) is 9.79 Å². The Morgan fingerprint density at radius 2 is 2.04 bits per heavy atom. The third-order valence-corrected chi connectivity index (χ3v) is 5.24.